The molecule has 1 fully saturated rings. The minimum absolute atomic E-state index is 0.0844. The van der Waals surface area contributed by atoms with E-state index in [2.05, 4.69) is 33.1 Å². The van der Waals surface area contributed by atoms with Crippen molar-refractivity contribution in [3.05, 3.63) is 100 Å². The SMILES string of the molecule is CCc1ccc(C(=O)N2CCN(c3ccc(NC(=O)c4cc5ccccc5c(Br)c4OC)cc3)CC2)cc1. The van der Waals surface area contributed by atoms with Gasteiger partial charge in [-0.3, -0.25) is 9.59 Å². The number of benzene rings is 4. The van der Waals surface area contributed by atoms with Crippen LogP contribution in [0.3, 0.4) is 0 Å². The molecule has 0 atom stereocenters. The van der Waals surface area contributed by atoms with Crippen LogP contribution in [0.1, 0.15) is 33.2 Å². The molecule has 0 spiro atoms. The fourth-order valence-corrected chi connectivity index (χ4v) is 5.58. The van der Waals surface area contributed by atoms with E-state index in [4.69, 9.17) is 4.74 Å². The number of fused-ring (bicyclic) bond motifs is 1. The molecule has 1 aliphatic heterocycles. The second kappa shape index (κ2) is 11.3. The lowest BCUT2D eigenvalue weighted by Gasteiger charge is -2.36. The summed E-state index contributed by atoms with van der Waals surface area (Å²) in [6.45, 7) is 4.96. The van der Waals surface area contributed by atoms with Crippen LogP contribution in [0.15, 0.2) is 83.3 Å². The average molecular weight is 573 g/mol. The molecule has 1 heterocycles. The third kappa shape index (κ3) is 5.24. The molecule has 0 bridgehead atoms. The molecule has 2 amide bonds. The van der Waals surface area contributed by atoms with Gasteiger partial charge in [0.05, 0.1) is 17.1 Å². The summed E-state index contributed by atoms with van der Waals surface area (Å²) in [5.74, 6) is 0.354. The number of amides is 2. The second-order valence-electron chi connectivity index (χ2n) is 9.32. The molecule has 4 aromatic carbocycles. The summed E-state index contributed by atoms with van der Waals surface area (Å²) in [6.07, 6.45) is 0.963. The Kier molecular flexibility index (Phi) is 7.65. The maximum Gasteiger partial charge on any atom is 0.259 e. The molecule has 0 unspecified atom stereocenters. The maximum atomic E-state index is 13.2. The Labute approximate surface area is 231 Å². The number of aryl methyl sites for hydroxylation is 1. The van der Waals surface area contributed by atoms with E-state index in [1.807, 2.05) is 83.8 Å². The number of piperazine rings is 1. The predicted molar refractivity (Wildman–Crippen MR) is 157 cm³/mol. The highest BCUT2D eigenvalue weighted by Crippen LogP contribution is 2.37. The van der Waals surface area contributed by atoms with Gasteiger partial charge in [-0.1, -0.05) is 43.3 Å². The summed E-state index contributed by atoms with van der Waals surface area (Å²) in [5.41, 5.74) is 4.20. The Morgan fingerprint density at radius 2 is 1.61 bits per heavy atom. The van der Waals surface area contributed by atoms with Crippen LogP contribution < -0.4 is 15.0 Å². The highest BCUT2D eigenvalue weighted by atomic mass is 79.9. The molecule has 1 N–H and O–H groups in total. The fourth-order valence-electron chi connectivity index (χ4n) is 4.84. The zero-order valence-corrected chi connectivity index (χ0v) is 23.1. The Morgan fingerprint density at radius 3 is 2.26 bits per heavy atom. The van der Waals surface area contributed by atoms with Crippen molar-refractivity contribution in [3.63, 3.8) is 0 Å². The second-order valence-corrected chi connectivity index (χ2v) is 10.1. The van der Waals surface area contributed by atoms with Gasteiger partial charge in [0.2, 0.25) is 0 Å². The van der Waals surface area contributed by atoms with Crippen LogP contribution in [-0.2, 0) is 6.42 Å². The maximum absolute atomic E-state index is 13.2. The highest BCUT2D eigenvalue weighted by molar-refractivity contribution is 9.10. The molecule has 7 heteroatoms. The molecule has 194 valence electrons. The highest BCUT2D eigenvalue weighted by Gasteiger charge is 2.23. The van der Waals surface area contributed by atoms with Gasteiger partial charge in [0, 0.05) is 43.1 Å². The summed E-state index contributed by atoms with van der Waals surface area (Å²) in [7, 11) is 1.57. The zero-order valence-electron chi connectivity index (χ0n) is 21.5. The molecule has 0 aliphatic carbocycles. The number of halogens is 1. The van der Waals surface area contributed by atoms with Crippen molar-refractivity contribution >= 4 is 49.9 Å². The third-order valence-electron chi connectivity index (χ3n) is 7.06. The van der Waals surface area contributed by atoms with Gasteiger partial charge < -0.3 is 19.9 Å². The molecule has 0 aromatic heterocycles. The van der Waals surface area contributed by atoms with Crippen molar-refractivity contribution in [2.24, 2.45) is 0 Å². The van der Waals surface area contributed by atoms with Crippen molar-refractivity contribution < 1.29 is 14.3 Å². The lowest BCUT2D eigenvalue weighted by molar-refractivity contribution is 0.0746. The van der Waals surface area contributed by atoms with Crippen LogP contribution in [0.5, 0.6) is 5.75 Å². The summed E-state index contributed by atoms with van der Waals surface area (Å²) in [4.78, 5) is 30.3. The first kappa shape index (κ1) is 25.8. The standard InChI is InChI=1S/C31H30BrN3O3/c1-3-21-8-10-22(11-9-21)31(37)35-18-16-34(17-19-35)25-14-12-24(13-15-25)33-30(36)27-20-23-6-4-5-7-26(23)28(32)29(27)38-2/h4-15,20H,3,16-19H2,1-2H3,(H,33,36). The van der Waals surface area contributed by atoms with Crippen molar-refractivity contribution in [1.82, 2.24) is 4.90 Å². The van der Waals surface area contributed by atoms with E-state index in [0.29, 0.717) is 30.1 Å². The van der Waals surface area contributed by atoms with E-state index < -0.39 is 0 Å². The Hall–Kier alpha value is -3.84. The lowest BCUT2D eigenvalue weighted by Crippen LogP contribution is -2.48. The molecule has 5 rings (SSSR count). The number of nitrogens with one attached hydrogen (secondary N) is 1. The van der Waals surface area contributed by atoms with E-state index in [1.165, 1.54) is 5.56 Å². The van der Waals surface area contributed by atoms with Crippen LogP contribution >= 0.6 is 15.9 Å². The predicted octanol–water partition coefficient (Wildman–Crippen LogP) is 6.39. The van der Waals surface area contributed by atoms with Gasteiger partial charge in [0.15, 0.2) is 0 Å². The van der Waals surface area contributed by atoms with Crippen molar-refractivity contribution in [2.45, 2.75) is 13.3 Å². The summed E-state index contributed by atoms with van der Waals surface area (Å²) in [5, 5.41) is 4.93. The smallest absolute Gasteiger partial charge is 0.259 e. The third-order valence-corrected chi connectivity index (χ3v) is 7.84. The van der Waals surface area contributed by atoms with Gasteiger partial charge in [-0.25, -0.2) is 0 Å². The molecule has 1 aliphatic rings. The van der Waals surface area contributed by atoms with Gasteiger partial charge >= 0.3 is 0 Å². The summed E-state index contributed by atoms with van der Waals surface area (Å²) < 4.78 is 6.32. The Morgan fingerprint density at radius 1 is 0.921 bits per heavy atom. The van der Waals surface area contributed by atoms with Gasteiger partial charge in [-0.15, -0.1) is 0 Å². The first-order valence-electron chi connectivity index (χ1n) is 12.8. The van der Waals surface area contributed by atoms with Crippen molar-refractivity contribution in [2.75, 3.05) is 43.5 Å². The number of nitrogens with zero attached hydrogens (tertiary/aromatic N) is 2. The van der Waals surface area contributed by atoms with Crippen LogP contribution in [0, 0.1) is 0 Å². The summed E-state index contributed by atoms with van der Waals surface area (Å²) >= 11 is 3.60. The molecule has 4 aromatic rings. The van der Waals surface area contributed by atoms with E-state index in [-0.39, 0.29) is 11.8 Å². The molecule has 0 radical (unpaired) electrons. The number of carbonyl (C=O) groups is 2. The minimum Gasteiger partial charge on any atom is -0.495 e. The van der Waals surface area contributed by atoms with E-state index >= 15 is 0 Å². The fraction of sp³-hybridized carbons (Fsp3) is 0.226. The first-order chi connectivity index (χ1) is 18.5. The average Bonchev–Trinajstić information content (AvgIpc) is 2.97. The minimum atomic E-state index is -0.236. The molecule has 0 saturated carbocycles. The van der Waals surface area contributed by atoms with Crippen LogP contribution in [-0.4, -0.2) is 50.0 Å². The number of ether oxygens (including phenoxy) is 1. The van der Waals surface area contributed by atoms with E-state index in [0.717, 1.165) is 46.0 Å². The van der Waals surface area contributed by atoms with Gasteiger partial charge in [-0.2, -0.15) is 0 Å². The topological polar surface area (TPSA) is 61.9 Å². The van der Waals surface area contributed by atoms with E-state index in [1.54, 1.807) is 7.11 Å². The molecular weight excluding hydrogens is 542 g/mol. The number of carbonyl (C=O) groups excluding carboxylic acids is 2. The largest absolute Gasteiger partial charge is 0.495 e. The first-order valence-corrected chi connectivity index (χ1v) is 13.6. The molecule has 38 heavy (non-hydrogen) atoms. The zero-order chi connectivity index (χ0) is 26.6. The van der Waals surface area contributed by atoms with Gasteiger partial charge in [-0.05, 0) is 81.2 Å². The van der Waals surface area contributed by atoms with Crippen molar-refractivity contribution in [1.29, 1.82) is 0 Å². The Bertz CT molecular complexity index is 1460. The van der Waals surface area contributed by atoms with Crippen LogP contribution in [0.4, 0.5) is 11.4 Å². The van der Waals surface area contributed by atoms with E-state index in [9.17, 15) is 9.59 Å². The molecule has 6 nitrogen and oxygen atoms in total. The normalized spacial score (nSPS) is 13.4. The van der Waals surface area contributed by atoms with Crippen LogP contribution in [0.2, 0.25) is 0 Å². The van der Waals surface area contributed by atoms with Crippen LogP contribution in [0.25, 0.3) is 10.8 Å². The number of methoxy groups -OCH3 is 1. The quantitative estimate of drug-likeness (QED) is 0.291. The number of anilines is 2. The van der Waals surface area contributed by atoms with Crippen molar-refractivity contribution in [3.8, 4) is 5.75 Å². The Balaban J connectivity index is 1.22. The summed E-state index contributed by atoms with van der Waals surface area (Å²) in [6, 6.07) is 25.4. The molecule has 1 saturated heterocycles. The van der Waals surface area contributed by atoms with Gasteiger partial charge in [0.1, 0.15) is 5.75 Å². The van der Waals surface area contributed by atoms with Gasteiger partial charge in [0.25, 0.3) is 11.8 Å². The number of hydrogen-bond acceptors (Lipinski definition) is 4. The lowest BCUT2D eigenvalue weighted by atomic mass is 10.0. The number of hydrogen-bond donors (Lipinski definition) is 1. The number of rotatable bonds is 6. The monoisotopic (exact) mass is 571 g/mol. The molecular formula is C31H30BrN3O3.